The van der Waals surface area contributed by atoms with Crippen molar-refractivity contribution in [2.24, 2.45) is 0 Å². The Labute approximate surface area is 115 Å². The second kappa shape index (κ2) is 5.73. The van der Waals surface area contributed by atoms with E-state index in [1.807, 2.05) is 30.5 Å². The average Bonchev–Trinajstić information content (AvgIpc) is 2.74. The van der Waals surface area contributed by atoms with Crippen molar-refractivity contribution in [2.45, 2.75) is 29.2 Å². The van der Waals surface area contributed by atoms with Gasteiger partial charge in [0, 0.05) is 21.5 Å². The summed E-state index contributed by atoms with van der Waals surface area (Å²) in [6.45, 7) is 3.72. The Balaban J connectivity index is 2.37. The molecule has 5 heteroatoms. The summed E-state index contributed by atoms with van der Waals surface area (Å²) >= 11 is 3.17. The number of aliphatic hydroxyl groups excluding tert-OH is 1. The van der Waals surface area contributed by atoms with Crippen molar-refractivity contribution in [3.05, 3.63) is 34.8 Å². The minimum atomic E-state index is -0.565. The Morgan fingerprint density at radius 1 is 1.44 bits per heavy atom. The zero-order valence-corrected chi connectivity index (χ0v) is 12.1. The van der Waals surface area contributed by atoms with Gasteiger partial charge in [0.1, 0.15) is 5.75 Å². The predicted molar refractivity (Wildman–Crippen MR) is 74.6 cm³/mol. The molecule has 1 heterocycles. The Hall–Kier alpha value is -1.04. The van der Waals surface area contributed by atoms with Crippen LogP contribution in [0.15, 0.2) is 32.8 Å². The van der Waals surface area contributed by atoms with Crippen LogP contribution >= 0.6 is 23.1 Å². The van der Waals surface area contributed by atoms with E-state index in [4.69, 9.17) is 4.74 Å². The van der Waals surface area contributed by atoms with E-state index in [0.717, 1.165) is 20.5 Å². The highest BCUT2D eigenvalue weighted by Gasteiger charge is 2.15. The smallest absolute Gasteiger partial charge is 0.154 e. The van der Waals surface area contributed by atoms with E-state index < -0.39 is 6.10 Å². The van der Waals surface area contributed by atoms with Crippen molar-refractivity contribution in [3.63, 3.8) is 0 Å². The standard InChI is InChI=1S/C13H15NO2S2/c1-8-7-17-13(14-8)18-11-6-4-5-10(16-3)12(11)9(2)15/h4-7,9,15H,1-3H3/t9-/m1/s1. The van der Waals surface area contributed by atoms with Gasteiger partial charge in [-0.25, -0.2) is 4.98 Å². The van der Waals surface area contributed by atoms with Crippen LogP contribution in [0.3, 0.4) is 0 Å². The zero-order chi connectivity index (χ0) is 13.1. The van der Waals surface area contributed by atoms with Crippen LogP contribution in [0.1, 0.15) is 24.3 Å². The monoisotopic (exact) mass is 281 g/mol. The lowest BCUT2D eigenvalue weighted by Crippen LogP contribution is -1.98. The van der Waals surface area contributed by atoms with Gasteiger partial charge in [0.15, 0.2) is 4.34 Å². The molecule has 0 saturated heterocycles. The van der Waals surface area contributed by atoms with Crippen molar-refractivity contribution in [3.8, 4) is 5.75 Å². The van der Waals surface area contributed by atoms with E-state index in [9.17, 15) is 5.11 Å². The summed E-state index contributed by atoms with van der Waals surface area (Å²) < 4.78 is 6.27. The minimum Gasteiger partial charge on any atom is -0.496 e. The molecule has 0 amide bonds. The quantitative estimate of drug-likeness (QED) is 0.928. The molecule has 3 nitrogen and oxygen atoms in total. The average molecular weight is 281 g/mol. The first-order chi connectivity index (χ1) is 8.61. The van der Waals surface area contributed by atoms with Crippen LogP contribution in [0.5, 0.6) is 5.75 Å². The van der Waals surface area contributed by atoms with Gasteiger partial charge in [-0.2, -0.15) is 0 Å². The highest BCUT2D eigenvalue weighted by Crippen LogP contribution is 2.39. The fraction of sp³-hybridized carbons (Fsp3) is 0.308. The Kier molecular flexibility index (Phi) is 4.27. The number of aromatic nitrogens is 1. The number of hydrogen-bond acceptors (Lipinski definition) is 5. The topological polar surface area (TPSA) is 42.4 Å². The third kappa shape index (κ3) is 2.85. The van der Waals surface area contributed by atoms with Crippen molar-refractivity contribution in [1.82, 2.24) is 4.98 Å². The molecule has 2 aromatic rings. The molecule has 18 heavy (non-hydrogen) atoms. The molecule has 1 N–H and O–H groups in total. The summed E-state index contributed by atoms with van der Waals surface area (Å²) in [6.07, 6.45) is -0.565. The van der Waals surface area contributed by atoms with Crippen LogP contribution in [0.25, 0.3) is 0 Å². The van der Waals surface area contributed by atoms with E-state index in [0.29, 0.717) is 5.75 Å². The first-order valence-corrected chi connectivity index (χ1v) is 7.26. The van der Waals surface area contributed by atoms with E-state index in [2.05, 4.69) is 4.98 Å². The summed E-state index contributed by atoms with van der Waals surface area (Å²) in [5.41, 5.74) is 1.84. The Bertz CT molecular complexity index is 538. The fourth-order valence-electron chi connectivity index (χ4n) is 1.68. The normalized spacial score (nSPS) is 12.4. The molecular weight excluding hydrogens is 266 g/mol. The van der Waals surface area contributed by atoms with Gasteiger partial charge in [-0.1, -0.05) is 17.8 Å². The fourth-order valence-corrected chi connectivity index (χ4v) is 3.71. The van der Waals surface area contributed by atoms with Crippen LogP contribution in [0, 0.1) is 6.92 Å². The molecule has 0 aliphatic carbocycles. The molecule has 0 radical (unpaired) electrons. The first-order valence-electron chi connectivity index (χ1n) is 5.56. The van der Waals surface area contributed by atoms with Gasteiger partial charge in [0.05, 0.1) is 13.2 Å². The van der Waals surface area contributed by atoms with Gasteiger partial charge in [-0.15, -0.1) is 11.3 Å². The van der Waals surface area contributed by atoms with Crippen molar-refractivity contribution in [1.29, 1.82) is 0 Å². The number of thiazole rings is 1. The highest BCUT2D eigenvalue weighted by molar-refractivity contribution is 8.01. The van der Waals surface area contributed by atoms with Gasteiger partial charge in [0.25, 0.3) is 0 Å². The Morgan fingerprint density at radius 2 is 2.22 bits per heavy atom. The molecule has 0 aliphatic rings. The maximum Gasteiger partial charge on any atom is 0.154 e. The lowest BCUT2D eigenvalue weighted by molar-refractivity contribution is 0.191. The molecule has 0 unspecified atom stereocenters. The van der Waals surface area contributed by atoms with Gasteiger partial charge in [-0.3, -0.25) is 0 Å². The molecular formula is C13H15NO2S2. The molecule has 0 aliphatic heterocycles. The lowest BCUT2D eigenvalue weighted by Gasteiger charge is -2.14. The van der Waals surface area contributed by atoms with Crippen LogP contribution in [0.4, 0.5) is 0 Å². The summed E-state index contributed by atoms with van der Waals surface area (Å²) in [7, 11) is 1.61. The summed E-state index contributed by atoms with van der Waals surface area (Å²) in [6, 6.07) is 5.76. The molecule has 0 bridgehead atoms. The number of hydrogen-bond donors (Lipinski definition) is 1. The van der Waals surface area contributed by atoms with Crippen LogP contribution < -0.4 is 4.74 Å². The molecule has 96 valence electrons. The van der Waals surface area contributed by atoms with E-state index in [-0.39, 0.29) is 0 Å². The van der Waals surface area contributed by atoms with E-state index in [1.54, 1.807) is 37.1 Å². The van der Waals surface area contributed by atoms with Crippen molar-refractivity contribution < 1.29 is 9.84 Å². The maximum atomic E-state index is 9.89. The molecule has 1 aromatic heterocycles. The summed E-state index contributed by atoms with van der Waals surface area (Å²) in [4.78, 5) is 5.41. The van der Waals surface area contributed by atoms with Crippen LogP contribution in [0.2, 0.25) is 0 Å². The van der Waals surface area contributed by atoms with E-state index in [1.165, 1.54) is 0 Å². The minimum absolute atomic E-state index is 0.565. The predicted octanol–water partition coefficient (Wildman–Crippen LogP) is 3.66. The summed E-state index contributed by atoms with van der Waals surface area (Å²) in [5.74, 6) is 0.711. The van der Waals surface area contributed by atoms with Crippen LogP contribution in [-0.4, -0.2) is 17.2 Å². The SMILES string of the molecule is COc1cccc(Sc2nc(C)cs2)c1[C@@H](C)O. The number of nitrogens with zero attached hydrogens (tertiary/aromatic N) is 1. The second-order valence-corrected chi connectivity index (χ2v) is 6.05. The number of ether oxygens (including phenoxy) is 1. The van der Waals surface area contributed by atoms with Gasteiger partial charge in [-0.05, 0) is 26.0 Å². The largest absolute Gasteiger partial charge is 0.496 e. The molecule has 0 spiro atoms. The highest BCUT2D eigenvalue weighted by atomic mass is 32.2. The number of aliphatic hydroxyl groups is 1. The first kappa shape index (κ1) is 13.4. The molecule has 1 aromatic carbocycles. The number of aryl methyl sites for hydroxylation is 1. The van der Waals surface area contributed by atoms with Crippen molar-refractivity contribution >= 4 is 23.1 Å². The maximum absolute atomic E-state index is 9.89. The summed E-state index contributed by atoms with van der Waals surface area (Å²) in [5, 5.41) is 11.9. The van der Waals surface area contributed by atoms with Gasteiger partial charge in [0.2, 0.25) is 0 Å². The van der Waals surface area contributed by atoms with Crippen LogP contribution in [-0.2, 0) is 0 Å². The number of rotatable bonds is 4. The third-order valence-electron chi connectivity index (χ3n) is 2.46. The molecule has 2 rings (SSSR count). The lowest BCUT2D eigenvalue weighted by atomic mass is 10.1. The molecule has 1 atom stereocenters. The number of methoxy groups -OCH3 is 1. The molecule has 0 fully saturated rings. The van der Waals surface area contributed by atoms with Gasteiger partial charge < -0.3 is 9.84 Å². The number of benzene rings is 1. The zero-order valence-electron chi connectivity index (χ0n) is 10.5. The molecule has 0 saturated carbocycles. The second-order valence-electron chi connectivity index (χ2n) is 3.90. The van der Waals surface area contributed by atoms with Crippen molar-refractivity contribution in [2.75, 3.05) is 7.11 Å². The third-order valence-corrected chi connectivity index (χ3v) is 4.59. The van der Waals surface area contributed by atoms with Gasteiger partial charge >= 0.3 is 0 Å². The van der Waals surface area contributed by atoms with E-state index >= 15 is 0 Å². The Morgan fingerprint density at radius 3 is 2.78 bits per heavy atom.